The Morgan fingerprint density at radius 1 is 1.08 bits per heavy atom. The van der Waals surface area contributed by atoms with E-state index >= 15 is 0 Å². The number of aromatic amines is 1. The molecule has 1 aromatic carbocycles. The number of nitrogens with one attached hydrogen (secondary N) is 2. The number of amides is 1. The van der Waals surface area contributed by atoms with E-state index < -0.39 is 0 Å². The number of aromatic nitrogens is 4. The third-order valence-electron chi connectivity index (χ3n) is 7.76. The number of nitrogens with zero attached hydrogens (tertiary/aromatic N) is 3. The topological polar surface area (TPSA) is 84.3 Å². The lowest BCUT2D eigenvalue weighted by molar-refractivity contribution is -0.126. The Bertz CT molecular complexity index is 1200. The van der Waals surface area contributed by atoms with Crippen molar-refractivity contribution >= 4 is 23.2 Å². The molecule has 0 aliphatic heterocycles. The Labute approximate surface area is 238 Å². The number of rotatable bonds is 13. The first-order chi connectivity index (χ1) is 18.8. The molecule has 1 fully saturated rings. The summed E-state index contributed by atoms with van der Waals surface area (Å²) >= 11 is 6.60. The Balaban J connectivity index is 1.21. The number of benzene rings is 1. The number of ether oxygens (including phenoxy) is 1. The smallest absolute Gasteiger partial charge is 0.223 e. The number of unbranched alkanes of at least 4 members (excludes halogenated alkanes) is 7. The number of hydrogen-bond donors (Lipinski definition) is 2. The Hall–Kier alpha value is -2.54. The second-order valence-corrected chi connectivity index (χ2v) is 12.5. The van der Waals surface area contributed by atoms with Crippen LogP contribution in [0, 0.1) is 5.92 Å². The molecule has 0 atom stereocenters. The first-order valence-electron chi connectivity index (χ1n) is 15.0. The molecular formula is C31H46ClN5O2. The summed E-state index contributed by atoms with van der Waals surface area (Å²) in [4.78, 5) is 17.3. The molecule has 2 heterocycles. The molecule has 1 amide bonds. The van der Waals surface area contributed by atoms with Gasteiger partial charge in [0.25, 0.3) is 0 Å². The van der Waals surface area contributed by atoms with Gasteiger partial charge in [0.15, 0.2) is 11.5 Å². The molecule has 39 heavy (non-hydrogen) atoms. The average molecular weight is 556 g/mol. The van der Waals surface area contributed by atoms with Crippen LogP contribution in [0.1, 0.15) is 110 Å². The van der Waals surface area contributed by atoms with Crippen molar-refractivity contribution in [3.63, 3.8) is 0 Å². The highest BCUT2D eigenvalue weighted by molar-refractivity contribution is 6.34. The number of carbonyl (C=O) groups excluding carboxylic acids is 1. The van der Waals surface area contributed by atoms with Gasteiger partial charge in [-0.25, -0.2) is 4.98 Å². The van der Waals surface area contributed by atoms with Gasteiger partial charge in [-0.1, -0.05) is 96.4 Å². The second kappa shape index (κ2) is 13.7. The largest absolute Gasteiger partial charge is 0.490 e. The van der Waals surface area contributed by atoms with Crippen LogP contribution in [0.3, 0.4) is 0 Å². The Morgan fingerprint density at radius 2 is 1.77 bits per heavy atom. The molecule has 0 saturated heterocycles. The van der Waals surface area contributed by atoms with E-state index in [0.717, 1.165) is 55.7 Å². The monoisotopic (exact) mass is 555 g/mol. The maximum absolute atomic E-state index is 12.6. The van der Waals surface area contributed by atoms with Crippen LogP contribution >= 0.6 is 11.6 Å². The third kappa shape index (κ3) is 8.00. The maximum Gasteiger partial charge on any atom is 0.223 e. The first-order valence-corrected chi connectivity index (χ1v) is 15.3. The van der Waals surface area contributed by atoms with Gasteiger partial charge in [-0.3, -0.25) is 9.89 Å². The van der Waals surface area contributed by atoms with E-state index in [9.17, 15) is 4.79 Å². The molecule has 3 aromatic rings. The zero-order chi connectivity index (χ0) is 27.8. The number of halogens is 1. The van der Waals surface area contributed by atoms with Gasteiger partial charge >= 0.3 is 0 Å². The molecule has 7 nitrogen and oxygen atoms in total. The summed E-state index contributed by atoms with van der Waals surface area (Å²) in [5.74, 6) is 1.72. The van der Waals surface area contributed by atoms with Crippen LogP contribution in [0.4, 0.5) is 0 Å². The van der Waals surface area contributed by atoms with Crippen LogP contribution in [0.2, 0.25) is 5.02 Å². The zero-order valence-corrected chi connectivity index (χ0v) is 24.9. The third-order valence-corrected chi connectivity index (χ3v) is 8.12. The van der Waals surface area contributed by atoms with Crippen molar-refractivity contribution in [1.82, 2.24) is 25.1 Å². The van der Waals surface area contributed by atoms with Crippen LogP contribution in [0.15, 0.2) is 24.3 Å². The zero-order valence-electron chi connectivity index (χ0n) is 24.2. The molecule has 214 valence electrons. The molecule has 0 spiro atoms. The lowest BCUT2D eigenvalue weighted by Gasteiger charge is -2.28. The van der Waals surface area contributed by atoms with Gasteiger partial charge in [0.1, 0.15) is 10.8 Å². The van der Waals surface area contributed by atoms with E-state index in [1.54, 1.807) is 4.63 Å². The average Bonchev–Trinajstić information content (AvgIpc) is 3.47. The molecule has 4 rings (SSSR count). The summed E-state index contributed by atoms with van der Waals surface area (Å²) in [6.45, 7) is 9.36. The fourth-order valence-corrected chi connectivity index (χ4v) is 5.82. The van der Waals surface area contributed by atoms with Gasteiger partial charge in [-0.2, -0.15) is 4.63 Å². The number of carbonyl (C=O) groups is 1. The van der Waals surface area contributed by atoms with E-state index in [4.69, 9.17) is 16.3 Å². The molecule has 8 heteroatoms. The molecule has 1 saturated carbocycles. The van der Waals surface area contributed by atoms with Crippen LogP contribution in [-0.2, 0) is 10.2 Å². The van der Waals surface area contributed by atoms with Crippen molar-refractivity contribution in [2.75, 3.05) is 6.54 Å². The fraction of sp³-hybridized carbons (Fsp3) is 0.645. The van der Waals surface area contributed by atoms with E-state index in [1.165, 1.54) is 44.9 Å². The van der Waals surface area contributed by atoms with Gasteiger partial charge in [0, 0.05) is 23.4 Å². The number of fused-ring (bicyclic) bond motifs is 1. The van der Waals surface area contributed by atoms with Crippen LogP contribution < -0.4 is 10.1 Å². The molecule has 0 bridgehead atoms. The van der Waals surface area contributed by atoms with Crippen molar-refractivity contribution in [2.24, 2.45) is 5.92 Å². The van der Waals surface area contributed by atoms with Crippen LogP contribution in [0.25, 0.3) is 17.0 Å². The minimum Gasteiger partial charge on any atom is -0.490 e. The van der Waals surface area contributed by atoms with E-state index in [-0.39, 0.29) is 23.3 Å². The molecule has 2 N–H and O–H groups in total. The Morgan fingerprint density at radius 3 is 2.44 bits per heavy atom. The summed E-state index contributed by atoms with van der Waals surface area (Å²) in [6.07, 6.45) is 13.9. The van der Waals surface area contributed by atoms with Gasteiger partial charge in [0.05, 0.1) is 11.8 Å². The molecular weight excluding hydrogens is 510 g/mol. The predicted octanol–water partition coefficient (Wildman–Crippen LogP) is 7.87. The highest BCUT2D eigenvalue weighted by atomic mass is 35.5. The summed E-state index contributed by atoms with van der Waals surface area (Å²) in [5.41, 5.74) is 2.30. The van der Waals surface area contributed by atoms with Gasteiger partial charge in [0.2, 0.25) is 5.91 Å². The standard InChI is InChI=1S/C31H46ClN5O2/c1-5-6-7-8-9-10-11-12-20-33-30(38)22-16-18-24(19-17-22)39-25-15-13-14-23(21-25)28-34-29-26(32)27(31(2,3)4)35-37(29)36-28/h13-15,21-22,24,35H,5-12,16-20H2,1-4H3,(H,33,38). The predicted molar refractivity (Wildman–Crippen MR) is 158 cm³/mol. The lowest BCUT2D eigenvalue weighted by atomic mass is 9.86. The summed E-state index contributed by atoms with van der Waals surface area (Å²) in [5, 5.41) is 11.7. The molecule has 1 aliphatic rings. The van der Waals surface area contributed by atoms with Crippen molar-refractivity contribution in [3.05, 3.63) is 35.0 Å². The summed E-state index contributed by atoms with van der Waals surface area (Å²) < 4.78 is 7.97. The lowest BCUT2D eigenvalue weighted by Crippen LogP contribution is -2.35. The maximum atomic E-state index is 12.6. The van der Waals surface area contributed by atoms with E-state index in [2.05, 4.69) is 48.2 Å². The molecule has 2 aromatic heterocycles. The highest BCUT2D eigenvalue weighted by Gasteiger charge is 2.27. The molecule has 0 radical (unpaired) electrons. The SMILES string of the molecule is CCCCCCCCCCNC(=O)C1CCC(Oc2cccc(-c3nc4c(Cl)c(C(C)(C)C)[nH]n4n3)c2)CC1. The van der Waals surface area contributed by atoms with Crippen molar-refractivity contribution < 1.29 is 9.53 Å². The first kappa shape index (κ1) is 29.4. The quantitative estimate of drug-likeness (QED) is 0.210. The summed E-state index contributed by atoms with van der Waals surface area (Å²) in [7, 11) is 0. The fourth-order valence-electron chi connectivity index (χ4n) is 5.38. The van der Waals surface area contributed by atoms with Crippen molar-refractivity contribution in [1.29, 1.82) is 0 Å². The van der Waals surface area contributed by atoms with Crippen LogP contribution in [-0.4, -0.2) is 38.4 Å². The van der Waals surface area contributed by atoms with E-state index in [0.29, 0.717) is 16.5 Å². The van der Waals surface area contributed by atoms with Crippen molar-refractivity contribution in [3.8, 4) is 17.1 Å². The normalized spacial score (nSPS) is 18.0. The van der Waals surface area contributed by atoms with Gasteiger partial charge < -0.3 is 10.1 Å². The molecule has 0 unspecified atom stereocenters. The minimum absolute atomic E-state index is 0.102. The van der Waals surface area contributed by atoms with Gasteiger partial charge in [-0.05, 0) is 44.2 Å². The molecule has 1 aliphatic carbocycles. The number of hydrogen-bond acceptors (Lipinski definition) is 4. The van der Waals surface area contributed by atoms with Crippen molar-refractivity contribution in [2.45, 2.75) is 116 Å². The van der Waals surface area contributed by atoms with Crippen LogP contribution in [0.5, 0.6) is 5.75 Å². The minimum atomic E-state index is -0.125. The van der Waals surface area contributed by atoms with Gasteiger partial charge in [-0.15, -0.1) is 5.10 Å². The van der Waals surface area contributed by atoms with E-state index in [1.807, 2.05) is 24.3 Å². The number of H-pyrrole nitrogens is 1. The second-order valence-electron chi connectivity index (χ2n) is 12.1. The summed E-state index contributed by atoms with van der Waals surface area (Å²) in [6, 6.07) is 7.90. The highest BCUT2D eigenvalue weighted by Crippen LogP contribution is 2.33. The Kier molecular flexibility index (Phi) is 10.3.